The molecular weight excluding hydrogens is 386 g/mol. The van der Waals surface area contributed by atoms with Crippen LogP contribution in [0.2, 0.25) is 18.1 Å². The standard InChI is InChI=1S/C22H37NO5Si/c1-21(2,3)27-20(25)23(7)18(19(24)26-8)15-16-11-13-17(14-12-16)28-29(9,10)22(4,5)6/h11-14,18H,15H2,1-10H3/t18-/m1/s1. The average molecular weight is 424 g/mol. The lowest BCUT2D eigenvalue weighted by atomic mass is 10.0. The van der Waals surface area contributed by atoms with Crippen molar-refractivity contribution in [2.75, 3.05) is 14.2 Å². The number of rotatable bonds is 6. The zero-order valence-electron chi connectivity index (χ0n) is 19.6. The van der Waals surface area contributed by atoms with Crippen molar-refractivity contribution in [1.29, 1.82) is 0 Å². The number of methoxy groups -OCH3 is 1. The Morgan fingerprint density at radius 3 is 1.97 bits per heavy atom. The van der Waals surface area contributed by atoms with Crippen LogP contribution in [0.1, 0.15) is 47.1 Å². The third-order valence-corrected chi connectivity index (χ3v) is 9.51. The second-order valence-electron chi connectivity index (χ2n) is 9.84. The van der Waals surface area contributed by atoms with Crippen molar-refractivity contribution >= 4 is 20.4 Å². The molecule has 0 aromatic heterocycles. The van der Waals surface area contributed by atoms with Gasteiger partial charge in [0.15, 0.2) is 0 Å². The van der Waals surface area contributed by atoms with E-state index in [0.29, 0.717) is 6.42 Å². The summed E-state index contributed by atoms with van der Waals surface area (Å²) in [5.41, 5.74) is 0.257. The van der Waals surface area contributed by atoms with Gasteiger partial charge < -0.3 is 13.9 Å². The third-order valence-electron chi connectivity index (χ3n) is 5.15. The number of ether oxygens (including phenoxy) is 2. The van der Waals surface area contributed by atoms with Gasteiger partial charge in [-0.3, -0.25) is 4.90 Å². The molecule has 1 aromatic rings. The molecule has 1 rings (SSSR count). The maximum Gasteiger partial charge on any atom is 0.410 e. The highest BCUT2D eigenvalue weighted by Gasteiger charge is 2.39. The Kier molecular flexibility index (Phi) is 7.93. The topological polar surface area (TPSA) is 65.1 Å². The number of hydrogen-bond donors (Lipinski definition) is 0. The van der Waals surface area contributed by atoms with Gasteiger partial charge in [-0.25, -0.2) is 9.59 Å². The fourth-order valence-corrected chi connectivity index (χ4v) is 3.37. The molecule has 0 saturated heterocycles. The van der Waals surface area contributed by atoms with E-state index in [1.807, 2.05) is 24.3 Å². The van der Waals surface area contributed by atoms with Gasteiger partial charge in [-0.15, -0.1) is 0 Å². The first-order valence-corrected chi connectivity index (χ1v) is 12.8. The molecule has 6 nitrogen and oxygen atoms in total. The van der Waals surface area contributed by atoms with Gasteiger partial charge in [0.2, 0.25) is 8.32 Å². The number of esters is 1. The van der Waals surface area contributed by atoms with Gasteiger partial charge >= 0.3 is 12.1 Å². The molecule has 0 unspecified atom stereocenters. The smallest absolute Gasteiger partial charge is 0.410 e. The minimum absolute atomic E-state index is 0.109. The predicted molar refractivity (Wildman–Crippen MR) is 118 cm³/mol. The van der Waals surface area contributed by atoms with Crippen LogP contribution in [0.4, 0.5) is 4.79 Å². The van der Waals surface area contributed by atoms with E-state index in [1.54, 1.807) is 27.8 Å². The van der Waals surface area contributed by atoms with E-state index in [0.717, 1.165) is 11.3 Å². The van der Waals surface area contributed by atoms with Gasteiger partial charge in [0.05, 0.1) is 7.11 Å². The van der Waals surface area contributed by atoms with Crippen molar-refractivity contribution in [2.45, 2.75) is 77.7 Å². The van der Waals surface area contributed by atoms with Crippen molar-refractivity contribution in [1.82, 2.24) is 4.90 Å². The molecule has 164 valence electrons. The van der Waals surface area contributed by atoms with Crippen molar-refractivity contribution in [3.05, 3.63) is 29.8 Å². The number of amides is 1. The molecule has 1 atom stereocenters. The van der Waals surface area contributed by atoms with Crippen LogP contribution in [-0.4, -0.2) is 51.1 Å². The molecule has 0 aliphatic carbocycles. The molecule has 0 aliphatic heterocycles. The highest BCUT2D eigenvalue weighted by atomic mass is 28.4. The van der Waals surface area contributed by atoms with E-state index in [9.17, 15) is 9.59 Å². The Morgan fingerprint density at radius 2 is 1.55 bits per heavy atom. The summed E-state index contributed by atoms with van der Waals surface area (Å²) in [4.78, 5) is 26.0. The second kappa shape index (κ2) is 9.20. The third kappa shape index (κ3) is 7.38. The lowest BCUT2D eigenvalue weighted by Crippen LogP contribution is -2.46. The summed E-state index contributed by atoms with van der Waals surface area (Å²) in [7, 11) is 0.942. The molecule has 0 spiro atoms. The molecule has 0 bridgehead atoms. The van der Waals surface area contributed by atoms with E-state index in [1.165, 1.54) is 12.0 Å². The summed E-state index contributed by atoms with van der Waals surface area (Å²) in [5, 5.41) is 0.109. The minimum atomic E-state index is -1.92. The largest absolute Gasteiger partial charge is 0.544 e. The van der Waals surface area contributed by atoms with Gasteiger partial charge in [-0.1, -0.05) is 32.9 Å². The van der Waals surface area contributed by atoms with Crippen molar-refractivity contribution in [3.63, 3.8) is 0 Å². The Bertz CT molecular complexity index is 701. The summed E-state index contributed by atoms with van der Waals surface area (Å²) >= 11 is 0. The van der Waals surface area contributed by atoms with Crippen LogP contribution in [-0.2, 0) is 20.7 Å². The first-order chi connectivity index (χ1) is 13.1. The Labute approximate surface area is 176 Å². The number of likely N-dealkylation sites (N-methyl/N-ethyl adjacent to an activating group) is 1. The van der Waals surface area contributed by atoms with Crippen LogP contribution in [0.5, 0.6) is 5.75 Å². The molecule has 29 heavy (non-hydrogen) atoms. The van der Waals surface area contributed by atoms with E-state index in [2.05, 4.69) is 33.9 Å². The van der Waals surface area contributed by atoms with Gasteiger partial charge in [-0.2, -0.15) is 0 Å². The van der Waals surface area contributed by atoms with E-state index < -0.39 is 32.0 Å². The van der Waals surface area contributed by atoms with Crippen LogP contribution in [0, 0.1) is 0 Å². The molecule has 1 aromatic carbocycles. The van der Waals surface area contributed by atoms with E-state index in [4.69, 9.17) is 13.9 Å². The Hall–Kier alpha value is -2.02. The SMILES string of the molecule is COC(=O)[C@@H](Cc1ccc(O[Si](C)(C)C(C)(C)C)cc1)N(C)C(=O)OC(C)(C)C. The number of carbonyl (C=O) groups excluding carboxylic acids is 2. The lowest BCUT2D eigenvalue weighted by molar-refractivity contribution is -0.146. The molecule has 7 heteroatoms. The summed E-state index contributed by atoms with van der Waals surface area (Å²) in [5.74, 6) is 0.329. The molecule has 0 N–H and O–H groups in total. The number of hydrogen-bond acceptors (Lipinski definition) is 5. The van der Waals surface area contributed by atoms with E-state index >= 15 is 0 Å². The number of benzene rings is 1. The number of carbonyl (C=O) groups is 2. The van der Waals surface area contributed by atoms with Crippen LogP contribution in [0.15, 0.2) is 24.3 Å². The Morgan fingerprint density at radius 1 is 1.03 bits per heavy atom. The second-order valence-corrected chi connectivity index (χ2v) is 14.6. The van der Waals surface area contributed by atoms with Gasteiger partial charge in [0.1, 0.15) is 17.4 Å². The molecule has 0 radical (unpaired) electrons. The maximum absolute atomic E-state index is 12.4. The van der Waals surface area contributed by atoms with Crippen LogP contribution >= 0.6 is 0 Å². The van der Waals surface area contributed by atoms with Gasteiger partial charge in [0, 0.05) is 13.5 Å². The molecule has 0 heterocycles. The predicted octanol–water partition coefficient (Wildman–Crippen LogP) is 5.02. The average Bonchev–Trinajstić information content (AvgIpc) is 2.57. The van der Waals surface area contributed by atoms with Crippen molar-refractivity contribution < 1.29 is 23.5 Å². The maximum atomic E-state index is 12.4. The molecule has 0 aliphatic rings. The summed E-state index contributed by atoms with van der Waals surface area (Å²) in [6.45, 7) is 16.3. The summed E-state index contributed by atoms with van der Waals surface area (Å²) in [6.07, 6.45) is -0.242. The normalized spacial score (nSPS) is 13.4. The van der Waals surface area contributed by atoms with Gasteiger partial charge in [0.25, 0.3) is 0 Å². The van der Waals surface area contributed by atoms with Crippen molar-refractivity contribution in [2.24, 2.45) is 0 Å². The molecule has 0 fully saturated rings. The quantitative estimate of drug-likeness (QED) is 0.475. The fraction of sp³-hybridized carbons (Fsp3) is 0.636. The highest BCUT2D eigenvalue weighted by molar-refractivity contribution is 6.74. The van der Waals surface area contributed by atoms with Crippen LogP contribution in [0.3, 0.4) is 0 Å². The zero-order valence-corrected chi connectivity index (χ0v) is 20.6. The highest BCUT2D eigenvalue weighted by Crippen LogP contribution is 2.37. The van der Waals surface area contributed by atoms with Gasteiger partial charge in [-0.05, 0) is 56.6 Å². The number of nitrogens with zero attached hydrogens (tertiary/aromatic N) is 1. The first kappa shape index (κ1) is 25.0. The zero-order chi connectivity index (χ0) is 22.6. The molecular formula is C22H37NO5Si. The van der Waals surface area contributed by atoms with E-state index in [-0.39, 0.29) is 5.04 Å². The first-order valence-electron chi connectivity index (χ1n) is 9.89. The Balaban J connectivity index is 2.96. The van der Waals surface area contributed by atoms with Crippen molar-refractivity contribution in [3.8, 4) is 5.75 Å². The molecule has 0 saturated carbocycles. The van der Waals surface area contributed by atoms with Crippen LogP contribution < -0.4 is 4.43 Å². The lowest BCUT2D eigenvalue weighted by Gasteiger charge is -2.36. The summed E-state index contributed by atoms with van der Waals surface area (Å²) in [6, 6.07) is 6.89. The fourth-order valence-electron chi connectivity index (χ4n) is 2.34. The minimum Gasteiger partial charge on any atom is -0.544 e. The summed E-state index contributed by atoms with van der Waals surface area (Å²) < 4.78 is 16.6. The molecule has 1 amide bonds. The monoisotopic (exact) mass is 423 g/mol. The van der Waals surface area contributed by atoms with Crippen LogP contribution in [0.25, 0.3) is 0 Å².